The summed E-state index contributed by atoms with van der Waals surface area (Å²) < 4.78 is 37.4. The number of fused-ring (bicyclic) bond motifs is 1. The number of hydrogen-bond donors (Lipinski definition) is 2. The van der Waals surface area contributed by atoms with E-state index in [0.717, 1.165) is 0 Å². The van der Waals surface area contributed by atoms with E-state index < -0.39 is 10.0 Å². The van der Waals surface area contributed by atoms with Crippen LogP contribution in [0.5, 0.6) is 11.5 Å². The number of benzene rings is 1. The van der Waals surface area contributed by atoms with Gasteiger partial charge in [0.05, 0.1) is 5.02 Å². The smallest absolute Gasteiger partial charge is 0.242 e. The topological polar surface area (TPSA) is 90.7 Å². The van der Waals surface area contributed by atoms with Gasteiger partial charge in [-0.3, -0.25) is 0 Å². The van der Waals surface area contributed by atoms with Gasteiger partial charge in [-0.1, -0.05) is 11.6 Å². The Bertz CT molecular complexity index is 576. The van der Waals surface area contributed by atoms with E-state index in [1.807, 2.05) is 0 Å². The minimum atomic E-state index is -3.73. The Morgan fingerprint density at radius 2 is 1.95 bits per heavy atom. The molecule has 0 saturated heterocycles. The highest BCUT2D eigenvalue weighted by molar-refractivity contribution is 7.89. The van der Waals surface area contributed by atoms with Gasteiger partial charge in [-0.15, -0.1) is 0 Å². The highest BCUT2D eigenvalue weighted by Gasteiger charge is 2.24. The van der Waals surface area contributed by atoms with E-state index in [1.165, 1.54) is 12.1 Å². The van der Waals surface area contributed by atoms with Gasteiger partial charge >= 0.3 is 0 Å². The molecule has 0 aliphatic carbocycles. The van der Waals surface area contributed by atoms with E-state index in [0.29, 0.717) is 24.7 Å². The van der Waals surface area contributed by atoms with E-state index in [-0.39, 0.29) is 22.5 Å². The minimum Gasteiger partial charge on any atom is -0.486 e. The Kier molecular flexibility index (Phi) is 4.19. The average Bonchev–Trinajstić information content (AvgIpc) is 2.37. The quantitative estimate of drug-likeness (QED) is 0.856. The summed E-state index contributed by atoms with van der Waals surface area (Å²) in [5.74, 6) is 0.818. The van der Waals surface area contributed by atoms with E-state index in [2.05, 4.69) is 4.72 Å². The molecular weight excluding hydrogens is 292 g/mol. The van der Waals surface area contributed by atoms with Crippen LogP contribution in [0.1, 0.15) is 6.92 Å². The molecule has 8 heteroatoms. The number of ether oxygens (including phenoxy) is 2. The molecule has 1 aromatic carbocycles. The van der Waals surface area contributed by atoms with E-state index in [9.17, 15) is 8.42 Å². The zero-order valence-corrected chi connectivity index (χ0v) is 11.9. The van der Waals surface area contributed by atoms with Gasteiger partial charge in [-0.25, -0.2) is 13.1 Å². The van der Waals surface area contributed by atoms with Crippen molar-refractivity contribution < 1.29 is 17.9 Å². The molecule has 0 amide bonds. The maximum atomic E-state index is 12.2. The molecule has 3 N–H and O–H groups in total. The Hall–Kier alpha value is -1.02. The summed E-state index contributed by atoms with van der Waals surface area (Å²) in [5.41, 5.74) is 5.40. The van der Waals surface area contributed by atoms with Crippen molar-refractivity contribution in [2.24, 2.45) is 5.73 Å². The summed E-state index contributed by atoms with van der Waals surface area (Å²) in [6.45, 7) is 2.66. The van der Waals surface area contributed by atoms with Gasteiger partial charge in [0.15, 0.2) is 11.5 Å². The Labute approximate surface area is 116 Å². The van der Waals surface area contributed by atoms with Gasteiger partial charge in [0.25, 0.3) is 0 Å². The van der Waals surface area contributed by atoms with Crippen LogP contribution in [0.15, 0.2) is 17.0 Å². The summed E-state index contributed by atoms with van der Waals surface area (Å²) >= 11 is 5.99. The first-order valence-corrected chi connectivity index (χ1v) is 7.61. The molecule has 19 heavy (non-hydrogen) atoms. The molecule has 0 fully saturated rings. The lowest BCUT2D eigenvalue weighted by Crippen LogP contribution is -2.37. The molecular formula is C11H15ClN2O4S. The monoisotopic (exact) mass is 306 g/mol. The van der Waals surface area contributed by atoms with Crippen molar-refractivity contribution in [3.8, 4) is 11.5 Å². The second-order valence-corrected chi connectivity index (χ2v) is 6.27. The second kappa shape index (κ2) is 5.54. The second-order valence-electron chi connectivity index (χ2n) is 4.18. The van der Waals surface area contributed by atoms with Crippen LogP contribution in [-0.2, 0) is 10.0 Å². The average molecular weight is 307 g/mol. The number of nitrogens with two attached hydrogens (primary N) is 1. The fraction of sp³-hybridized carbons (Fsp3) is 0.455. The number of nitrogens with one attached hydrogen (secondary N) is 1. The van der Waals surface area contributed by atoms with Crippen LogP contribution in [0.4, 0.5) is 0 Å². The maximum Gasteiger partial charge on any atom is 0.242 e. The highest BCUT2D eigenvalue weighted by Crippen LogP contribution is 2.37. The molecule has 1 aliphatic rings. The molecule has 106 valence electrons. The Balaban J connectivity index is 2.39. The fourth-order valence-electron chi connectivity index (χ4n) is 1.63. The number of hydrogen-bond acceptors (Lipinski definition) is 5. The molecule has 2 rings (SSSR count). The number of rotatable bonds is 4. The summed E-state index contributed by atoms with van der Waals surface area (Å²) in [6, 6.07) is 2.43. The molecule has 0 radical (unpaired) electrons. The first-order chi connectivity index (χ1) is 8.94. The molecule has 1 atom stereocenters. The predicted molar refractivity (Wildman–Crippen MR) is 71.3 cm³/mol. The zero-order valence-electron chi connectivity index (χ0n) is 10.3. The summed E-state index contributed by atoms with van der Waals surface area (Å²) in [6.07, 6.45) is 0. The van der Waals surface area contributed by atoms with Gasteiger partial charge in [0.1, 0.15) is 18.1 Å². The van der Waals surface area contributed by atoms with Crippen molar-refractivity contribution in [1.29, 1.82) is 0 Å². The van der Waals surface area contributed by atoms with Gasteiger partial charge in [0, 0.05) is 24.7 Å². The minimum absolute atomic E-state index is 0.0429. The third-order valence-electron chi connectivity index (χ3n) is 2.60. The number of halogens is 1. The summed E-state index contributed by atoms with van der Waals surface area (Å²) in [5, 5.41) is 0.0842. The molecule has 1 heterocycles. The third kappa shape index (κ3) is 3.11. The molecule has 1 aliphatic heterocycles. The SMILES string of the molecule is C[C@@H](CN)NS(=O)(=O)c1cc2c(cc1Cl)OCCO2. The first-order valence-electron chi connectivity index (χ1n) is 5.75. The van der Waals surface area contributed by atoms with Crippen molar-refractivity contribution in [3.63, 3.8) is 0 Å². The van der Waals surface area contributed by atoms with Crippen LogP contribution in [-0.4, -0.2) is 34.2 Å². The van der Waals surface area contributed by atoms with Gasteiger partial charge in [-0.2, -0.15) is 0 Å². The highest BCUT2D eigenvalue weighted by atomic mass is 35.5. The van der Waals surface area contributed by atoms with Crippen LogP contribution < -0.4 is 19.9 Å². The van der Waals surface area contributed by atoms with Crippen LogP contribution in [0.3, 0.4) is 0 Å². The standard InChI is InChI=1S/C11H15ClN2O4S/c1-7(6-13)14-19(15,16)11-5-10-9(4-8(11)12)17-2-3-18-10/h4-5,7,14H,2-3,6,13H2,1H3/t7-/m0/s1. The van der Waals surface area contributed by atoms with Gasteiger partial charge < -0.3 is 15.2 Å². The molecule has 0 unspecified atom stereocenters. The lowest BCUT2D eigenvalue weighted by atomic mass is 10.3. The summed E-state index contributed by atoms with van der Waals surface area (Å²) in [4.78, 5) is -0.0429. The summed E-state index contributed by atoms with van der Waals surface area (Å²) in [7, 11) is -3.73. The number of sulfonamides is 1. The van der Waals surface area contributed by atoms with Crippen LogP contribution >= 0.6 is 11.6 Å². The Morgan fingerprint density at radius 1 is 1.37 bits per heavy atom. The molecule has 0 bridgehead atoms. The molecule has 6 nitrogen and oxygen atoms in total. The lowest BCUT2D eigenvalue weighted by molar-refractivity contribution is 0.171. The van der Waals surface area contributed by atoms with Crippen molar-refractivity contribution in [1.82, 2.24) is 4.72 Å². The fourth-order valence-corrected chi connectivity index (χ4v) is 3.42. The van der Waals surface area contributed by atoms with Crippen molar-refractivity contribution >= 4 is 21.6 Å². The molecule has 0 saturated carbocycles. The first kappa shape index (κ1) is 14.4. The molecule has 0 aromatic heterocycles. The van der Waals surface area contributed by atoms with Gasteiger partial charge in [-0.05, 0) is 6.92 Å². The van der Waals surface area contributed by atoms with Crippen LogP contribution in [0, 0.1) is 0 Å². The zero-order chi connectivity index (χ0) is 14.0. The van der Waals surface area contributed by atoms with E-state index in [4.69, 9.17) is 26.8 Å². The predicted octanol–water partition coefficient (Wildman–Crippen LogP) is 0.737. The van der Waals surface area contributed by atoms with E-state index >= 15 is 0 Å². The van der Waals surface area contributed by atoms with Gasteiger partial charge in [0.2, 0.25) is 10.0 Å². The molecule has 1 aromatic rings. The van der Waals surface area contributed by atoms with Crippen LogP contribution in [0.25, 0.3) is 0 Å². The maximum absolute atomic E-state index is 12.2. The normalized spacial score (nSPS) is 16.2. The lowest BCUT2D eigenvalue weighted by Gasteiger charge is -2.20. The van der Waals surface area contributed by atoms with Crippen molar-refractivity contribution in [2.45, 2.75) is 17.9 Å². The van der Waals surface area contributed by atoms with Crippen molar-refractivity contribution in [3.05, 3.63) is 17.2 Å². The van der Waals surface area contributed by atoms with Crippen LogP contribution in [0.2, 0.25) is 5.02 Å². The third-order valence-corrected chi connectivity index (χ3v) is 4.65. The largest absolute Gasteiger partial charge is 0.486 e. The molecule has 0 spiro atoms. The van der Waals surface area contributed by atoms with E-state index in [1.54, 1.807) is 6.92 Å². The Morgan fingerprint density at radius 3 is 2.53 bits per heavy atom. The van der Waals surface area contributed by atoms with Crippen molar-refractivity contribution in [2.75, 3.05) is 19.8 Å².